The zero-order valence-electron chi connectivity index (χ0n) is 15.9. The number of amides is 1. The van der Waals surface area contributed by atoms with E-state index in [1.807, 2.05) is 53.7 Å². The predicted molar refractivity (Wildman–Crippen MR) is 105 cm³/mol. The molecule has 7 heteroatoms. The molecule has 0 unspecified atom stereocenters. The van der Waals surface area contributed by atoms with Gasteiger partial charge in [0.1, 0.15) is 0 Å². The number of carbonyl (C=O) groups excluding carboxylic acids is 1. The predicted octanol–water partition coefficient (Wildman–Crippen LogP) is 3.79. The first-order valence-electron chi connectivity index (χ1n) is 8.51. The molecule has 0 bridgehead atoms. The Morgan fingerprint density at radius 1 is 1.15 bits per heavy atom. The van der Waals surface area contributed by atoms with E-state index in [4.69, 9.17) is 0 Å². The van der Waals surface area contributed by atoms with Crippen molar-refractivity contribution >= 4 is 29.1 Å². The van der Waals surface area contributed by atoms with Crippen molar-refractivity contribution in [1.29, 1.82) is 0 Å². The van der Waals surface area contributed by atoms with Crippen LogP contribution in [-0.4, -0.2) is 30.7 Å². The summed E-state index contributed by atoms with van der Waals surface area (Å²) in [5, 5.41) is 7.71. The minimum Gasteiger partial charge on any atom is -0.325 e. The van der Waals surface area contributed by atoms with Crippen molar-refractivity contribution in [2.45, 2.75) is 51.9 Å². The summed E-state index contributed by atoms with van der Waals surface area (Å²) in [5.74, 6) is 0.493. The summed E-state index contributed by atoms with van der Waals surface area (Å²) in [7, 11) is 0. The Kier molecular flexibility index (Phi) is 5.00. The van der Waals surface area contributed by atoms with Gasteiger partial charge in [0.25, 0.3) is 5.78 Å². The third-order valence-electron chi connectivity index (χ3n) is 4.53. The number of aryl methyl sites for hydroxylation is 4. The number of hydrogen-bond acceptors (Lipinski definition) is 5. The van der Waals surface area contributed by atoms with Gasteiger partial charge in [-0.15, -0.1) is 5.10 Å². The molecule has 0 aliphatic heterocycles. The summed E-state index contributed by atoms with van der Waals surface area (Å²) in [6.07, 6.45) is 0. The molecule has 26 heavy (non-hydrogen) atoms. The fourth-order valence-corrected chi connectivity index (χ4v) is 3.43. The van der Waals surface area contributed by atoms with Crippen LogP contribution in [0.4, 0.5) is 5.69 Å². The average Bonchev–Trinajstić information content (AvgIpc) is 2.97. The Balaban J connectivity index is 1.77. The lowest BCUT2D eigenvalue weighted by Crippen LogP contribution is -2.23. The molecule has 3 rings (SSSR count). The van der Waals surface area contributed by atoms with Gasteiger partial charge in [0.05, 0.1) is 5.25 Å². The third-order valence-corrected chi connectivity index (χ3v) is 5.48. The van der Waals surface area contributed by atoms with Gasteiger partial charge >= 0.3 is 0 Å². The topological polar surface area (TPSA) is 72.2 Å². The smallest absolute Gasteiger partial charge is 0.253 e. The molecule has 0 aliphatic rings. The molecule has 0 saturated carbocycles. The van der Waals surface area contributed by atoms with Gasteiger partial charge < -0.3 is 5.32 Å². The molecule has 136 valence electrons. The van der Waals surface area contributed by atoms with Crippen molar-refractivity contribution in [3.63, 3.8) is 0 Å². The lowest BCUT2D eigenvalue weighted by Gasteiger charge is -2.12. The number of thioether (sulfide) groups is 1. The standard InChI is InChI=1S/C19H23N5OS/c1-10-7-8-16(11(2)9-10)21-17(25)15(6)26-19-22-18-20-13(4)12(3)14(5)24(18)23-19/h7-9,15H,1-6H3,(H,21,25)/t15-/m1/s1. The Hall–Kier alpha value is -2.41. The third kappa shape index (κ3) is 3.58. The number of anilines is 1. The number of benzene rings is 1. The van der Waals surface area contributed by atoms with Crippen LogP contribution in [0.1, 0.15) is 35.0 Å². The zero-order chi connectivity index (χ0) is 19.0. The van der Waals surface area contributed by atoms with Gasteiger partial charge in [-0.25, -0.2) is 9.50 Å². The minimum absolute atomic E-state index is 0.0714. The van der Waals surface area contributed by atoms with E-state index < -0.39 is 0 Å². The number of nitrogens with one attached hydrogen (secondary N) is 1. The first-order chi connectivity index (χ1) is 12.3. The van der Waals surface area contributed by atoms with Crippen LogP contribution in [0.2, 0.25) is 0 Å². The zero-order valence-corrected chi connectivity index (χ0v) is 16.7. The van der Waals surface area contributed by atoms with Crippen molar-refractivity contribution in [3.05, 3.63) is 46.3 Å². The Morgan fingerprint density at radius 2 is 1.88 bits per heavy atom. The summed E-state index contributed by atoms with van der Waals surface area (Å²) in [6.45, 7) is 11.9. The molecule has 0 aliphatic carbocycles. The van der Waals surface area contributed by atoms with Crippen molar-refractivity contribution in [2.24, 2.45) is 0 Å². The summed E-state index contributed by atoms with van der Waals surface area (Å²) < 4.78 is 1.74. The van der Waals surface area contributed by atoms with Gasteiger partial charge in [0.15, 0.2) is 0 Å². The van der Waals surface area contributed by atoms with Crippen molar-refractivity contribution in [2.75, 3.05) is 5.32 Å². The van der Waals surface area contributed by atoms with E-state index in [1.165, 1.54) is 17.3 Å². The molecule has 6 nitrogen and oxygen atoms in total. The van der Waals surface area contributed by atoms with Crippen molar-refractivity contribution in [1.82, 2.24) is 19.6 Å². The highest BCUT2D eigenvalue weighted by Gasteiger charge is 2.19. The van der Waals surface area contributed by atoms with Gasteiger partial charge in [-0.2, -0.15) is 4.98 Å². The Bertz CT molecular complexity index is 995. The van der Waals surface area contributed by atoms with Gasteiger partial charge in [-0.1, -0.05) is 29.5 Å². The van der Waals surface area contributed by atoms with E-state index in [-0.39, 0.29) is 11.2 Å². The van der Waals surface area contributed by atoms with E-state index in [2.05, 4.69) is 26.4 Å². The van der Waals surface area contributed by atoms with E-state index in [9.17, 15) is 4.79 Å². The van der Waals surface area contributed by atoms with E-state index >= 15 is 0 Å². The molecule has 0 saturated heterocycles. The molecule has 2 heterocycles. The normalized spacial score (nSPS) is 12.4. The number of nitrogens with zero attached hydrogens (tertiary/aromatic N) is 4. The van der Waals surface area contributed by atoms with Crippen LogP contribution in [-0.2, 0) is 4.79 Å². The molecule has 0 radical (unpaired) electrons. The fourth-order valence-electron chi connectivity index (χ4n) is 2.69. The van der Waals surface area contributed by atoms with Crippen LogP contribution in [0, 0.1) is 34.6 Å². The summed E-state index contributed by atoms with van der Waals surface area (Å²) in [4.78, 5) is 21.5. The second kappa shape index (κ2) is 7.07. The van der Waals surface area contributed by atoms with Crippen molar-refractivity contribution < 1.29 is 4.79 Å². The molecule has 1 amide bonds. The van der Waals surface area contributed by atoms with Crippen LogP contribution in [0.5, 0.6) is 0 Å². The monoisotopic (exact) mass is 369 g/mol. The summed E-state index contributed by atoms with van der Waals surface area (Å²) in [5.41, 5.74) is 6.11. The molecule has 2 aromatic heterocycles. The summed E-state index contributed by atoms with van der Waals surface area (Å²) in [6, 6.07) is 5.97. The number of aromatic nitrogens is 4. The second-order valence-corrected chi connectivity index (χ2v) is 7.89. The summed E-state index contributed by atoms with van der Waals surface area (Å²) >= 11 is 1.33. The maximum Gasteiger partial charge on any atom is 0.253 e. The van der Waals surface area contributed by atoms with Crippen LogP contribution >= 0.6 is 11.8 Å². The Morgan fingerprint density at radius 3 is 2.58 bits per heavy atom. The van der Waals surface area contributed by atoms with Gasteiger partial charge in [-0.3, -0.25) is 4.79 Å². The molecule has 0 spiro atoms. The van der Waals surface area contributed by atoms with Crippen LogP contribution in [0.15, 0.2) is 23.4 Å². The number of hydrogen-bond donors (Lipinski definition) is 1. The van der Waals surface area contributed by atoms with Crippen LogP contribution in [0.3, 0.4) is 0 Å². The minimum atomic E-state index is -0.324. The lowest BCUT2D eigenvalue weighted by molar-refractivity contribution is -0.115. The molecular formula is C19H23N5OS. The number of carbonyl (C=O) groups is 1. The molecule has 1 N–H and O–H groups in total. The molecular weight excluding hydrogens is 346 g/mol. The largest absolute Gasteiger partial charge is 0.325 e. The maximum atomic E-state index is 12.5. The highest BCUT2D eigenvalue weighted by molar-refractivity contribution is 8.00. The first kappa shape index (κ1) is 18.4. The van der Waals surface area contributed by atoms with Crippen LogP contribution in [0.25, 0.3) is 5.78 Å². The highest BCUT2D eigenvalue weighted by Crippen LogP contribution is 2.24. The SMILES string of the molecule is Cc1ccc(NC(=O)[C@@H](C)Sc2nc3nc(C)c(C)c(C)n3n2)c(C)c1. The first-order valence-corrected chi connectivity index (χ1v) is 9.39. The average molecular weight is 369 g/mol. The Labute approximate surface area is 157 Å². The molecule has 1 atom stereocenters. The molecule has 3 aromatic rings. The van der Waals surface area contributed by atoms with E-state index in [0.29, 0.717) is 10.9 Å². The van der Waals surface area contributed by atoms with Gasteiger partial charge in [-0.05, 0) is 58.7 Å². The number of fused-ring (bicyclic) bond motifs is 1. The molecule has 1 aromatic carbocycles. The number of rotatable bonds is 4. The maximum absolute atomic E-state index is 12.5. The van der Waals surface area contributed by atoms with E-state index in [0.717, 1.165) is 28.2 Å². The van der Waals surface area contributed by atoms with Gasteiger partial charge in [0, 0.05) is 17.1 Å². The van der Waals surface area contributed by atoms with Crippen molar-refractivity contribution in [3.8, 4) is 0 Å². The highest BCUT2D eigenvalue weighted by atomic mass is 32.2. The second-order valence-electron chi connectivity index (χ2n) is 6.58. The van der Waals surface area contributed by atoms with Gasteiger partial charge in [0.2, 0.25) is 11.1 Å². The fraction of sp³-hybridized carbons (Fsp3) is 0.368. The lowest BCUT2D eigenvalue weighted by atomic mass is 10.1. The quantitative estimate of drug-likeness (QED) is 0.709. The molecule has 0 fully saturated rings. The van der Waals surface area contributed by atoms with E-state index in [1.54, 1.807) is 4.52 Å². The van der Waals surface area contributed by atoms with Crippen LogP contribution < -0.4 is 5.32 Å².